The first kappa shape index (κ1) is 18.4. The van der Waals surface area contributed by atoms with Gasteiger partial charge in [0.2, 0.25) is 0 Å². The number of hydrogen-bond donors (Lipinski definition) is 4. The lowest BCUT2D eigenvalue weighted by molar-refractivity contribution is 0.195. The van der Waals surface area contributed by atoms with E-state index < -0.39 is 12.1 Å². The maximum absolute atomic E-state index is 12.3. The molecule has 2 rings (SSSR count). The Kier molecular flexibility index (Phi) is 5.99. The second-order valence-electron chi connectivity index (χ2n) is 5.44. The molecule has 0 saturated carbocycles. The molecular formula is C17H19ClN2O3S. The molecule has 1 atom stereocenters. The molecular weight excluding hydrogens is 348 g/mol. The minimum Gasteiger partial charge on any atom is -0.506 e. The van der Waals surface area contributed by atoms with Gasteiger partial charge in [-0.3, -0.25) is 0 Å². The lowest BCUT2D eigenvalue weighted by atomic mass is 10.1. The largest absolute Gasteiger partial charge is 0.506 e. The van der Waals surface area contributed by atoms with Crippen molar-refractivity contribution >= 4 is 36.1 Å². The van der Waals surface area contributed by atoms with Gasteiger partial charge in [-0.25, -0.2) is 9.10 Å². The molecule has 0 aliphatic carbocycles. The predicted octanol–water partition coefficient (Wildman–Crippen LogP) is 3.97. The van der Waals surface area contributed by atoms with Gasteiger partial charge in [-0.2, -0.15) is 0 Å². The minimum absolute atomic E-state index is 0.0363. The summed E-state index contributed by atoms with van der Waals surface area (Å²) in [5.74, 6) is -0.211. The third-order valence-electron chi connectivity index (χ3n) is 3.66. The fourth-order valence-electron chi connectivity index (χ4n) is 2.22. The average molecular weight is 367 g/mol. The van der Waals surface area contributed by atoms with E-state index in [4.69, 9.17) is 11.6 Å². The van der Waals surface area contributed by atoms with Crippen LogP contribution in [0.5, 0.6) is 5.75 Å². The van der Waals surface area contributed by atoms with E-state index in [0.717, 1.165) is 15.4 Å². The third-order valence-corrected chi connectivity index (χ3v) is 4.36. The Hall–Kier alpha value is -1.89. The monoisotopic (exact) mass is 366 g/mol. The number of phenols is 1. The van der Waals surface area contributed by atoms with Gasteiger partial charge in [-0.05, 0) is 37.1 Å². The molecule has 0 aliphatic rings. The van der Waals surface area contributed by atoms with Crippen LogP contribution in [0.15, 0.2) is 36.4 Å². The predicted molar refractivity (Wildman–Crippen MR) is 98.6 cm³/mol. The first-order valence-corrected chi connectivity index (χ1v) is 8.11. The molecule has 0 fully saturated rings. The van der Waals surface area contributed by atoms with Gasteiger partial charge in [0.05, 0.1) is 16.8 Å². The lowest BCUT2D eigenvalue weighted by Crippen LogP contribution is -2.33. The number of benzene rings is 2. The van der Waals surface area contributed by atoms with Gasteiger partial charge in [0.15, 0.2) is 0 Å². The van der Waals surface area contributed by atoms with Gasteiger partial charge in [0.1, 0.15) is 5.75 Å². The van der Waals surface area contributed by atoms with Crippen molar-refractivity contribution in [3.8, 4) is 5.75 Å². The Morgan fingerprint density at radius 2 is 2.04 bits per heavy atom. The minimum atomic E-state index is -0.931. The molecule has 5 nitrogen and oxygen atoms in total. The zero-order chi connectivity index (χ0) is 17.9. The summed E-state index contributed by atoms with van der Waals surface area (Å²) >= 11 is 10.1. The van der Waals surface area contributed by atoms with Crippen LogP contribution in [0.25, 0.3) is 0 Å². The van der Waals surface area contributed by atoms with Crippen LogP contribution in [-0.4, -0.2) is 16.2 Å². The van der Waals surface area contributed by atoms with Crippen LogP contribution in [0.3, 0.4) is 0 Å². The molecule has 3 N–H and O–H groups in total. The number of carbonyl (C=O) groups excluding carboxylic acids is 1. The van der Waals surface area contributed by atoms with Gasteiger partial charge in [-0.1, -0.05) is 48.7 Å². The van der Waals surface area contributed by atoms with E-state index in [1.54, 1.807) is 0 Å². The maximum atomic E-state index is 12.3. The molecule has 0 spiro atoms. The zero-order valence-corrected chi connectivity index (χ0v) is 15.0. The molecule has 2 amide bonds. The van der Waals surface area contributed by atoms with E-state index in [1.165, 1.54) is 19.1 Å². The summed E-state index contributed by atoms with van der Waals surface area (Å²) in [5, 5.41) is 22.4. The smallest absolute Gasteiger partial charge is 0.332 e. The maximum Gasteiger partial charge on any atom is 0.332 e. The van der Waals surface area contributed by atoms with E-state index in [1.807, 2.05) is 31.2 Å². The molecule has 1 unspecified atom stereocenters. The van der Waals surface area contributed by atoms with Crippen LogP contribution < -0.4 is 9.62 Å². The second-order valence-corrected chi connectivity index (χ2v) is 6.25. The number of carbonyl (C=O) groups is 1. The number of amides is 2. The fourth-order valence-corrected chi connectivity index (χ4v) is 2.62. The molecule has 0 bridgehead atoms. The Labute approximate surface area is 151 Å². The van der Waals surface area contributed by atoms with Crippen molar-refractivity contribution in [1.82, 2.24) is 5.32 Å². The van der Waals surface area contributed by atoms with E-state index in [9.17, 15) is 15.0 Å². The van der Waals surface area contributed by atoms with Crippen LogP contribution >= 0.6 is 24.4 Å². The molecule has 0 aliphatic heterocycles. The molecule has 7 heteroatoms. The number of nitrogens with one attached hydrogen (secondary N) is 1. The molecule has 0 heterocycles. The third kappa shape index (κ3) is 4.14. The van der Waals surface area contributed by atoms with Crippen molar-refractivity contribution in [3.63, 3.8) is 0 Å². The van der Waals surface area contributed by atoms with Gasteiger partial charge in [-0.15, -0.1) is 0 Å². The number of anilines is 1. The summed E-state index contributed by atoms with van der Waals surface area (Å²) in [6.45, 7) is 3.82. The quantitative estimate of drug-likeness (QED) is 0.619. The van der Waals surface area contributed by atoms with E-state index in [0.29, 0.717) is 12.2 Å². The number of nitrogens with zero attached hydrogens (tertiary/aromatic N) is 1. The summed E-state index contributed by atoms with van der Waals surface area (Å²) in [7, 11) is 0. The highest BCUT2D eigenvalue weighted by Crippen LogP contribution is 2.36. The molecule has 0 aromatic heterocycles. The van der Waals surface area contributed by atoms with Gasteiger partial charge >= 0.3 is 6.03 Å². The number of aliphatic hydroxyl groups excluding tert-OH is 1. The van der Waals surface area contributed by atoms with Crippen molar-refractivity contribution in [3.05, 3.63) is 58.1 Å². The second kappa shape index (κ2) is 7.79. The fraction of sp³-hybridized carbons (Fsp3) is 0.235. The number of hydrogen-bond acceptors (Lipinski definition) is 4. The molecule has 2 aromatic carbocycles. The first-order chi connectivity index (χ1) is 11.3. The SMILES string of the molecule is Cc1ccccc1CNC(=O)N(S)c1cc(Cl)c(O)c(C(C)O)c1. The van der Waals surface area contributed by atoms with Crippen LogP contribution in [0, 0.1) is 6.92 Å². The summed E-state index contributed by atoms with van der Waals surface area (Å²) < 4.78 is 1.08. The highest BCUT2D eigenvalue weighted by Gasteiger charge is 2.18. The van der Waals surface area contributed by atoms with E-state index >= 15 is 0 Å². The van der Waals surface area contributed by atoms with Crippen LogP contribution in [0.1, 0.15) is 29.7 Å². The highest BCUT2D eigenvalue weighted by molar-refractivity contribution is 7.82. The number of aromatic hydroxyl groups is 1. The zero-order valence-electron chi connectivity index (χ0n) is 13.3. The first-order valence-electron chi connectivity index (χ1n) is 7.33. The van der Waals surface area contributed by atoms with Crippen LogP contribution in [0.2, 0.25) is 5.02 Å². The van der Waals surface area contributed by atoms with Gasteiger partial charge in [0, 0.05) is 12.1 Å². The van der Waals surface area contributed by atoms with Crippen molar-refractivity contribution in [2.24, 2.45) is 0 Å². The summed E-state index contributed by atoms with van der Waals surface area (Å²) in [4.78, 5) is 12.3. The van der Waals surface area contributed by atoms with Crippen molar-refractivity contribution in [2.75, 3.05) is 4.31 Å². The topological polar surface area (TPSA) is 72.8 Å². The van der Waals surface area contributed by atoms with Gasteiger partial charge in [0.25, 0.3) is 0 Å². The Morgan fingerprint density at radius 3 is 2.67 bits per heavy atom. The van der Waals surface area contributed by atoms with Crippen LogP contribution in [-0.2, 0) is 6.54 Å². The van der Waals surface area contributed by atoms with Crippen LogP contribution in [0.4, 0.5) is 10.5 Å². The summed E-state index contributed by atoms with van der Waals surface area (Å²) in [6, 6.07) is 10.2. The molecule has 2 aromatic rings. The number of aliphatic hydroxyl groups is 1. The Morgan fingerprint density at radius 1 is 1.38 bits per heavy atom. The highest BCUT2D eigenvalue weighted by atomic mass is 35.5. The standard InChI is InChI=1S/C17H19ClN2O3S/c1-10-5-3-4-6-12(10)9-19-17(23)20(24)13-7-14(11(2)21)16(22)15(18)8-13/h3-8,11,21-22,24H,9H2,1-2H3,(H,19,23). The molecule has 128 valence electrons. The number of halogens is 1. The number of urea groups is 1. The number of phenolic OH excluding ortho intramolecular Hbond substituents is 1. The molecule has 0 radical (unpaired) electrons. The van der Waals surface area contributed by atoms with Gasteiger partial charge < -0.3 is 15.5 Å². The van der Waals surface area contributed by atoms with Crippen molar-refractivity contribution < 1.29 is 15.0 Å². The summed E-state index contributed by atoms with van der Waals surface area (Å²) in [5.41, 5.74) is 2.65. The number of aryl methyl sites for hydroxylation is 1. The molecule has 24 heavy (non-hydrogen) atoms. The summed E-state index contributed by atoms with van der Waals surface area (Å²) in [6.07, 6.45) is -0.931. The Bertz CT molecular complexity index is 753. The van der Waals surface area contributed by atoms with E-state index in [2.05, 4.69) is 18.1 Å². The van der Waals surface area contributed by atoms with Crippen molar-refractivity contribution in [1.29, 1.82) is 0 Å². The average Bonchev–Trinajstić information content (AvgIpc) is 2.55. The van der Waals surface area contributed by atoms with Crippen molar-refractivity contribution in [2.45, 2.75) is 26.5 Å². The molecule has 0 saturated heterocycles. The number of thiol groups is 1. The lowest BCUT2D eigenvalue weighted by Gasteiger charge is -2.19. The Balaban J connectivity index is 2.15. The number of rotatable bonds is 4. The normalized spacial score (nSPS) is 11.9. The van der Waals surface area contributed by atoms with E-state index in [-0.39, 0.29) is 16.3 Å².